The molecular weight excluding hydrogens is 433 g/mol. The van der Waals surface area contributed by atoms with E-state index >= 15 is 0 Å². The molecule has 4 nitrogen and oxygen atoms in total. The molecule has 1 fully saturated rings. The van der Waals surface area contributed by atoms with Crippen molar-refractivity contribution in [3.63, 3.8) is 0 Å². The lowest BCUT2D eigenvalue weighted by atomic mass is 10.0. The third-order valence-electron chi connectivity index (χ3n) is 5.80. The Labute approximate surface area is 189 Å². The van der Waals surface area contributed by atoms with Crippen molar-refractivity contribution in [2.45, 2.75) is 13.0 Å². The van der Waals surface area contributed by atoms with Gasteiger partial charge < -0.3 is 9.47 Å². The van der Waals surface area contributed by atoms with E-state index in [1.165, 1.54) is 10.6 Å². The second kappa shape index (κ2) is 8.52. The smallest absolute Gasteiger partial charge is 0.251 e. The fraction of sp³-hybridized carbons (Fsp3) is 0.250. The van der Waals surface area contributed by atoms with Crippen LogP contribution >= 0.6 is 23.4 Å². The van der Waals surface area contributed by atoms with Crippen LogP contribution in [-0.2, 0) is 13.0 Å². The average molecular weight is 454 g/mol. The van der Waals surface area contributed by atoms with Gasteiger partial charge in [0.15, 0.2) is 0 Å². The minimum absolute atomic E-state index is 0.0606. The van der Waals surface area contributed by atoms with Crippen LogP contribution in [0.15, 0.2) is 59.7 Å². The molecule has 0 N–H and O–H groups in total. The number of hydrogen-bond donors (Lipinski definition) is 0. The fourth-order valence-electron chi connectivity index (χ4n) is 4.11. The van der Waals surface area contributed by atoms with Gasteiger partial charge in [0.1, 0.15) is 5.82 Å². The summed E-state index contributed by atoms with van der Waals surface area (Å²) >= 11 is 7.85. The summed E-state index contributed by atoms with van der Waals surface area (Å²) in [7, 11) is 0. The van der Waals surface area contributed by atoms with E-state index in [-0.39, 0.29) is 17.1 Å². The maximum atomic E-state index is 14.2. The van der Waals surface area contributed by atoms with Crippen LogP contribution in [0.25, 0.3) is 5.57 Å². The van der Waals surface area contributed by atoms with Gasteiger partial charge in [-0.15, -0.1) is 0 Å². The summed E-state index contributed by atoms with van der Waals surface area (Å²) in [6.07, 6.45) is 6.57. The Morgan fingerprint density at radius 1 is 1.16 bits per heavy atom. The van der Waals surface area contributed by atoms with E-state index in [0.29, 0.717) is 5.56 Å². The fourth-order valence-corrected chi connectivity index (χ4v) is 5.21. The van der Waals surface area contributed by atoms with Crippen LogP contribution in [0, 0.1) is 5.82 Å². The monoisotopic (exact) mass is 453 g/mol. The maximum Gasteiger partial charge on any atom is 0.251 e. The van der Waals surface area contributed by atoms with Gasteiger partial charge >= 0.3 is 0 Å². The highest BCUT2D eigenvalue weighted by molar-refractivity contribution is 7.99. The molecule has 1 saturated heterocycles. The van der Waals surface area contributed by atoms with Gasteiger partial charge in [-0.3, -0.25) is 9.78 Å². The van der Waals surface area contributed by atoms with E-state index in [4.69, 9.17) is 11.6 Å². The van der Waals surface area contributed by atoms with Crippen LogP contribution in [0.2, 0.25) is 5.02 Å². The predicted molar refractivity (Wildman–Crippen MR) is 126 cm³/mol. The molecule has 0 bridgehead atoms. The van der Waals surface area contributed by atoms with E-state index < -0.39 is 5.82 Å². The Kier molecular flexibility index (Phi) is 5.59. The number of benzene rings is 1. The second-order valence-corrected chi connectivity index (χ2v) is 9.34. The molecule has 31 heavy (non-hydrogen) atoms. The summed E-state index contributed by atoms with van der Waals surface area (Å²) < 4.78 is 15.7. The van der Waals surface area contributed by atoms with Gasteiger partial charge in [0, 0.05) is 54.4 Å². The molecule has 158 valence electrons. The first-order chi connectivity index (χ1) is 15.1. The van der Waals surface area contributed by atoms with Crippen LogP contribution in [-0.4, -0.2) is 34.1 Å². The molecule has 0 amide bonds. The zero-order chi connectivity index (χ0) is 21.4. The Bertz CT molecular complexity index is 1230. The minimum atomic E-state index is -0.484. The van der Waals surface area contributed by atoms with Crippen LogP contribution in [0.1, 0.15) is 22.4 Å². The summed E-state index contributed by atoms with van der Waals surface area (Å²) in [5.74, 6) is 1.78. The molecule has 1 aromatic carbocycles. The van der Waals surface area contributed by atoms with Crippen molar-refractivity contribution in [3.8, 4) is 0 Å². The predicted octanol–water partition coefficient (Wildman–Crippen LogP) is 4.63. The average Bonchev–Trinajstić information content (AvgIpc) is 3.22. The molecule has 0 radical (unpaired) electrons. The third kappa shape index (κ3) is 4.02. The van der Waals surface area contributed by atoms with Crippen molar-refractivity contribution in [1.29, 1.82) is 0 Å². The molecule has 2 aliphatic rings. The van der Waals surface area contributed by atoms with E-state index in [1.807, 2.05) is 24.0 Å². The van der Waals surface area contributed by atoms with Gasteiger partial charge in [-0.25, -0.2) is 4.39 Å². The molecule has 3 aromatic rings. The Morgan fingerprint density at radius 2 is 2.00 bits per heavy atom. The van der Waals surface area contributed by atoms with Gasteiger partial charge in [-0.05, 0) is 29.3 Å². The molecule has 7 heteroatoms. The topological polar surface area (TPSA) is 38.1 Å². The number of rotatable bonds is 4. The van der Waals surface area contributed by atoms with Crippen molar-refractivity contribution in [3.05, 3.63) is 98.4 Å². The zero-order valence-electron chi connectivity index (χ0n) is 16.9. The highest BCUT2D eigenvalue weighted by atomic mass is 35.5. The molecule has 0 saturated carbocycles. The summed E-state index contributed by atoms with van der Waals surface area (Å²) in [5.41, 5.74) is 5.37. The first kappa shape index (κ1) is 20.3. The number of nitrogens with zero attached hydrogens (tertiary/aromatic N) is 3. The van der Waals surface area contributed by atoms with Crippen LogP contribution in [0.5, 0.6) is 0 Å². The number of halogens is 2. The lowest BCUT2D eigenvalue weighted by molar-refractivity contribution is 0.596. The van der Waals surface area contributed by atoms with Gasteiger partial charge in [-0.2, -0.15) is 11.8 Å². The number of pyridine rings is 2. The maximum absolute atomic E-state index is 14.2. The Hall–Kier alpha value is -2.57. The van der Waals surface area contributed by atoms with Crippen LogP contribution in [0.4, 0.5) is 10.1 Å². The Morgan fingerprint density at radius 3 is 2.81 bits per heavy atom. The van der Waals surface area contributed by atoms with Crippen molar-refractivity contribution in [2.75, 3.05) is 29.5 Å². The molecule has 0 unspecified atom stereocenters. The zero-order valence-corrected chi connectivity index (χ0v) is 18.4. The molecule has 2 aromatic heterocycles. The number of hydrogen-bond acceptors (Lipinski definition) is 4. The Balaban J connectivity index is 1.43. The number of fused-ring (bicyclic) bond motifs is 1. The summed E-state index contributed by atoms with van der Waals surface area (Å²) in [6.45, 7) is 2.19. The molecule has 5 rings (SSSR count). The molecule has 0 atom stereocenters. The lowest BCUT2D eigenvalue weighted by Gasteiger charge is -2.28. The molecule has 1 aliphatic carbocycles. The van der Waals surface area contributed by atoms with E-state index in [9.17, 15) is 9.18 Å². The summed E-state index contributed by atoms with van der Waals surface area (Å²) in [6, 6.07) is 10.6. The van der Waals surface area contributed by atoms with Gasteiger partial charge in [-0.1, -0.05) is 29.8 Å². The van der Waals surface area contributed by atoms with E-state index in [1.54, 1.807) is 24.4 Å². The van der Waals surface area contributed by atoms with E-state index in [0.717, 1.165) is 59.1 Å². The SMILES string of the molecule is O=c1cc(C2=CCc3ncc(N4CCSCC4)cc32)ccn1Cc1cccc(Cl)c1F. The first-order valence-electron chi connectivity index (χ1n) is 10.3. The number of anilines is 1. The van der Waals surface area contributed by atoms with Gasteiger partial charge in [0.2, 0.25) is 0 Å². The van der Waals surface area contributed by atoms with Crippen LogP contribution in [0.3, 0.4) is 0 Å². The molecule has 3 heterocycles. The normalized spacial score (nSPS) is 15.7. The van der Waals surface area contributed by atoms with Crippen molar-refractivity contribution >= 4 is 34.6 Å². The summed E-state index contributed by atoms with van der Waals surface area (Å²) in [4.78, 5) is 19.8. The standard InChI is InChI=1S/C24H21ClFN3OS/c25-21-3-1-2-17(24(21)26)15-29-7-6-16(12-23(29)30)19-4-5-22-20(19)13-18(14-27-22)28-8-10-31-11-9-28/h1-4,6-7,12-14H,5,8-11,15H2. The van der Waals surface area contributed by atoms with Crippen molar-refractivity contribution < 1.29 is 4.39 Å². The number of allylic oxidation sites excluding steroid dienone is 1. The minimum Gasteiger partial charge on any atom is -0.369 e. The van der Waals surface area contributed by atoms with Gasteiger partial charge in [0.25, 0.3) is 5.56 Å². The first-order valence-corrected chi connectivity index (χ1v) is 11.8. The highest BCUT2D eigenvalue weighted by Crippen LogP contribution is 2.34. The van der Waals surface area contributed by atoms with Crippen molar-refractivity contribution in [2.24, 2.45) is 0 Å². The van der Waals surface area contributed by atoms with Gasteiger partial charge in [0.05, 0.1) is 29.1 Å². The highest BCUT2D eigenvalue weighted by Gasteiger charge is 2.20. The number of thioether (sulfide) groups is 1. The third-order valence-corrected chi connectivity index (χ3v) is 7.04. The second-order valence-electron chi connectivity index (χ2n) is 7.70. The molecule has 1 aliphatic heterocycles. The summed E-state index contributed by atoms with van der Waals surface area (Å²) in [5, 5.41) is 0.0606. The lowest BCUT2D eigenvalue weighted by Crippen LogP contribution is -2.32. The van der Waals surface area contributed by atoms with E-state index in [2.05, 4.69) is 22.0 Å². The van der Waals surface area contributed by atoms with Crippen molar-refractivity contribution in [1.82, 2.24) is 9.55 Å². The largest absolute Gasteiger partial charge is 0.369 e. The van der Waals surface area contributed by atoms with Crippen LogP contribution < -0.4 is 10.5 Å². The quantitative estimate of drug-likeness (QED) is 0.577. The number of aromatic nitrogens is 2. The molecule has 0 spiro atoms. The molecular formula is C24H21ClFN3OS.